The van der Waals surface area contributed by atoms with Gasteiger partial charge in [0.1, 0.15) is 0 Å². The van der Waals surface area contributed by atoms with E-state index < -0.39 is 11.4 Å². The molecule has 0 radical (unpaired) electrons. The third-order valence-corrected chi connectivity index (χ3v) is 4.13. The van der Waals surface area contributed by atoms with Crippen molar-refractivity contribution in [2.45, 2.75) is 65.6 Å². The van der Waals surface area contributed by atoms with Gasteiger partial charge in [-0.2, -0.15) is 0 Å². The van der Waals surface area contributed by atoms with Gasteiger partial charge in [0.25, 0.3) is 0 Å². The van der Waals surface area contributed by atoms with Gasteiger partial charge in [0, 0.05) is 18.6 Å². The fourth-order valence-corrected chi connectivity index (χ4v) is 2.65. The minimum Gasteiger partial charge on any atom is -0.481 e. The van der Waals surface area contributed by atoms with Crippen LogP contribution in [0.1, 0.15) is 47.5 Å². The van der Waals surface area contributed by atoms with Crippen molar-refractivity contribution in [2.75, 3.05) is 6.54 Å². The first-order valence-electron chi connectivity index (χ1n) is 6.95. The summed E-state index contributed by atoms with van der Waals surface area (Å²) in [6.45, 7) is 9.54. The minimum absolute atomic E-state index is 0.0880. The van der Waals surface area contributed by atoms with Gasteiger partial charge in [0.05, 0.1) is 11.5 Å². The summed E-state index contributed by atoms with van der Waals surface area (Å²) in [6, 6.07) is 0.601. The molecule has 3 unspecified atom stereocenters. The molecule has 1 amide bonds. The standard InChI is InChI=1S/C14H26N2O3/c1-9-6-7-10(2)16(9)11(3)12(17)15-8-14(4,5)13(18)19/h9-11H,6-8H2,1-5H3,(H,15,17)(H,18,19). The van der Waals surface area contributed by atoms with E-state index in [4.69, 9.17) is 5.11 Å². The molecule has 19 heavy (non-hydrogen) atoms. The Bertz CT molecular complexity index is 345. The summed E-state index contributed by atoms with van der Waals surface area (Å²) in [5.74, 6) is -0.988. The molecule has 1 rings (SSSR count). The second-order valence-electron chi connectivity index (χ2n) is 6.31. The molecular formula is C14H26N2O3. The highest BCUT2D eigenvalue weighted by atomic mass is 16.4. The minimum atomic E-state index is -0.933. The van der Waals surface area contributed by atoms with E-state index in [0.717, 1.165) is 12.8 Å². The number of hydrogen-bond acceptors (Lipinski definition) is 3. The number of carboxylic acid groups (broad SMARTS) is 1. The van der Waals surface area contributed by atoms with E-state index in [1.807, 2.05) is 6.92 Å². The van der Waals surface area contributed by atoms with E-state index in [-0.39, 0.29) is 18.5 Å². The zero-order chi connectivity index (χ0) is 14.8. The number of hydrogen-bond donors (Lipinski definition) is 2. The lowest BCUT2D eigenvalue weighted by atomic mass is 9.94. The molecule has 0 aromatic heterocycles. The average molecular weight is 270 g/mol. The van der Waals surface area contributed by atoms with Crippen molar-refractivity contribution in [2.24, 2.45) is 5.41 Å². The van der Waals surface area contributed by atoms with Crippen LogP contribution in [-0.2, 0) is 9.59 Å². The van der Waals surface area contributed by atoms with Gasteiger partial charge in [-0.25, -0.2) is 0 Å². The number of nitrogens with zero attached hydrogens (tertiary/aromatic N) is 1. The highest BCUT2D eigenvalue weighted by Crippen LogP contribution is 2.26. The van der Waals surface area contributed by atoms with Gasteiger partial charge in [0.2, 0.25) is 5.91 Å². The fourth-order valence-electron chi connectivity index (χ4n) is 2.65. The van der Waals surface area contributed by atoms with Gasteiger partial charge in [0.15, 0.2) is 0 Å². The first-order chi connectivity index (χ1) is 8.66. The second kappa shape index (κ2) is 5.90. The van der Waals surface area contributed by atoms with Crippen LogP contribution in [0, 0.1) is 5.41 Å². The number of nitrogens with one attached hydrogen (secondary N) is 1. The van der Waals surface area contributed by atoms with Gasteiger partial charge in [-0.05, 0) is 47.5 Å². The lowest BCUT2D eigenvalue weighted by molar-refractivity contribution is -0.147. The van der Waals surface area contributed by atoms with E-state index in [0.29, 0.717) is 12.1 Å². The molecule has 0 saturated carbocycles. The molecule has 0 spiro atoms. The van der Waals surface area contributed by atoms with Gasteiger partial charge in [-0.3, -0.25) is 14.5 Å². The summed E-state index contributed by atoms with van der Waals surface area (Å²) in [4.78, 5) is 25.4. The summed E-state index contributed by atoms with van der Waals surface area (Å²) >= 11 is 0. The Morgan fingerprint density at radius 3 is 2.21 bits per heavy atom. The molecule has 0 aromatic rings. The summed E-state index contributed by atoms with van der Waals surface area (Å²) in [5, 5.41) is 11.8. The molecule has 5 nitrogen and oxygen atoms in total. The number of amides is 1. The molecule has 3 atom stereocenters. The topological polar surface area (TPSA) is 69.6 Å². The quantitative estimate of drug-likeness (QED) is 0.794. The molecule has 110 valence electrons. The Morgan fingerprint density at radius 2 is 1.79 bits per heavy atom. The molecule has 2 N–H and O–H groups in total. The maximum atomic E-state index is 12.1. The molecule has 0 aromatic carbocycles. The van der Waals surface area contributed by atoms with Crippen LogP contribution in [0.25, 0.3) is 0 Å². The molecule has 1 saturated heterocycles. The third-order valence-electron chi connectivity index (χ3n) is 4.13. The Kier molecular flexibility index (Phi) is 4.96. The Balaban J connectivity index is 2.56. The lowest BCUT2D eigenvalue weighted by Gasteiger charge is -2.32. The summed E-state index contributed by atoms with van der Waals surface area (Å²) in [7, 11) is 0. The van der Waals surface area contributed by atoms with Crippen molar-refractivity contribution in [1.82, 2.24) is 10.2 Å². The van der Waals surface area contributed by atoms with E-state index in [9.17, 15) is 9.59 Å². The van der Waals surface area contributed by atoms with E-state index in [1.165, 1.54) is 0 Å². The van der Waals surface area contributed by atoms with Gasteiger partial charge in [-0.15, -0.1) is 0 Å². The van der Waals surface area contributed by atoms with Crippen molar-refractivity contribution in [1.29, 1.82) is 0 Å². The van der Waals surface area contributed by atoms with Gasteiger partial charge in [-0.1, -0.05) is 0 Å². The molecule has 1 fully saturated rings. The zero-order valence-electron chi connectivity index (χ0n) is 12.6. The number of rotatable bonds is 5. The molecule has 0 bridgehead atoms. The number of carbonyl (C=O) groups is 2. The van der Waals surface area contributed by atoms with Crippen molar-refractivity contribution < 1.29 is 14.7 Å². The van der Waals surface area contributed by atoms with E-state index in [2.05, 4.69) is 24.1 Å². The van der Waals surface area contributed by atoms with Gasteiger partial charge >= 0.3 is 5.97 Å². The SMILES string of the molecule is CC1CCC(C)N1C(C)C(=O)NCC(C)(C)C(=O)O. The largest absolute Gasteiger partial charge is 0.481 e. The maximum absolute atomic E-state index is 12.1. The lowest BCUT2D eigenvalue weighted by Crippen LogP contribution is -2.51. The average Bonchev–Trinajstić information content (AvgIpc) is 2.65. The van der Waals surface area contributed by atoms with E-state index >= 15 is 0 Å². The highest BCUT2D eigenvalue weighted by molar-refractivity contribution is 5.82. The molecular weight excluding hydrogens is 244 g/mol. The van der Waals surface area contributed by atoms with Crippen molar-refractivity contribution in [3.8, 4) is 0 Å². The summed E-state index contributed by atoms with van der Waals surface area (Å²) < 4.78 is 0. The monoisotopic (exact) mass is 270 g/mol. The molecule has 1 aliphatic rings. The fraction of sp³-hybridized carbons (Fsp3) is 0.857. The van der Waals surface area contributed by atoms with Crippen LogP contribution < -0.4 is 5.32 Å². The molecule has 0 aliphatic carbocycles. The van der Waals surface area contributed by atoms with Crippen molar-refractivity contribution in [3.05, 3.63) is 0 Å². The Morgan fingerprint density at radius 1 is 1.32 bits per heavy atom. The molecule has 1 aliphatic heterocycles. The zero-order valence-corrected chi connectivity index (χ0v) is 12.6. The van der Waals surface area contributed by atoms with Crippen LogP contribution >= 0.6 is 0 Å². The van der Waals surface area contributed by atoms with Crippen LogP contribution in [0.15, 0.2) is 0 Å². The summed E-state index contributed by atoms with van der Waals surface area (Å²) in [6.07, 6.45) is 2.22. The van der Waals surface area contributed by atoms with Crippen LogP contribution in [0.2, 0.25) is 0 Å². The number of carbonyl (C=O) groups excluding carboxylic acids is 1. The van der Waals surface area contributed by atoms with Crippen molar-refractivity contribution in [3.63, 3.8) is 0 Å². The smallest absolute Gasteiger partial charge is 0.310 e. The first-order valence-corrected chi connectivity index (χ1v) is 6.95. The molecule has 5 heteroatoms. The van der Waals surface area contributed by atoms with Crippen molar-refractivity contribution >= 4 is 11.9 Å². The predicted octanol–water partition coefficient (Wildman–Crippen LogP) is 1.47. The number of carboxylic acids is 1. The number of likely N-dealkylation sites (tertiary alicyclic amines) is 1. The highest BCUT2D eigenvalue weighted by Gasteiger charge is 2.35. The Labute approximate surface area is 115 Å². The normalized spacial score (nSPS) is 26.2. The Hall–Kier alpha value is -1.10. The van der Waals surface area contributed by atoms with Gasteiger partial charge < -0.3 is 10.4 Å². The van der Waals surface area contributed by atoms with E-state index in [1.54, 1.807) is 13.8 Å². The van der Waals surface area contributed by atoms with Crippen LogP contribution in [0.4, 0.5) is 0 Å². The predicted molar refractivity (Wildman–Crippen MR) is 73.9 cm³/mol. The summed E-state index contributed by atoms with van der Waals surface area (Å²) in [5.41, 5.74) is -0.933. The third kappa shape index (κ3) is 3.69. The molecule has 1 heterocycles. The van der Waals surface area contributed by atoms with Crippen LogP contribution in [0.3, 0.4) is 0 Å². The van der Waals surface area contributed by atoms with Crippen LogP contribution in [0.5, 0.6) is 0 Å². The first kappa shape index (κ1) is 16.0. The number of aliphatic carboxylic acids is 1. The van der Waals surface area contributed by atoms with Crippen LogP contribution in [-0.4, -0.2) is 46.6 Å². The maximum Gasteiger partial charge on any atom is 0.310 e. The second-order valence-corrected chi connectivity index (χ2v) is 6.31.